The van der Waals surface area contributed by atoms with Crippen LogP contribution in [0.15, 0.2) is 58.6 Å². The third kappa shape index (κ3) is 9.68. The molecule has 37 heavy (non-hydrogen) atoms. The topological polar surface area (TPSA) is 103 Å². The van der Waals surface area contributed by atoms with Crippen LogP contribution in [0.25, 0.3) is 0 Å². The van der Waals surface area contributed by atoms with Gasteiger partial charge in [-0.1, -0.05) is 55.4 Å². The molecule has 1 heterocycles. The molecule has 0 saturated carbocycles. The van der Waals surface area contributed by atoms with Crippen molar-refractivity contribution >= 4 is 6.09 Å². The third-order valence-electron chi connectivity index (χ3n) is 7.00. The van der Waals surface area contributed by atoms with Crippen molar-refractivity contribution in [1.29, 1.82) is 0 Å². The Bertz CT molecular complexity index is 919. The van der Waals surface area contributed by atoms with Gasteiger partial charge in [-0.2, -0.15) is 0 Å². The Balaban J connectivity index is 2.44. The van der Waals surface area contributed by atoms with Crippen molar-refractivity contribution in [3.05, 3.63) is 58.6 Å². The second kappa shape index (κ2) is 15.0. The lowest BCUT2D eigenvalue weighted by molar-refractivity contribution is -0.0605. The maximum atomic E-state index is 11.7. The van der Waals surface area contributed by atoms with E-state index in [9.17, 15) is 9.90 Å². The first-order chi connectivity index (χ1) is 17.6. The fourth-order valence-corrected chi connectivity index (χ4v) is 5.05. The van der Waals surface area contributed by atoms with Gasteiger partial charge in [0.15, 0.2) is 0 Å². The van der Waals surface area contributed by atoms with Crippen LogP contribution < -0.4 is 5.73 Å². The van der Waals surface area contributed by atoms with Crippen molar-refractivity contribution in [1.82, 2.24) is 5.06 Å². The Morgan fingerprint density at radius 1 is 1.11 bits per heavy atom. The van der Waals surface area contributed by atoms with Crippen LogP contribution in [-0.2, 0) is 19.0 Å². The van der Waals surface area contributed by atoms with Gasteiger partial charge < -0.3 is 29.9 Å². The number of hydrogen-bond acceptors (Lipinski definition) is 7. The van der Waals surface area contributed by atoms with E-state index in [4.69, 9.17) is 24.8 Å². The van der Waals surface area contributed by atoms with E-state index in [1.165, 1.54) is 0 Å². The summed E-state index contributed by atoms with van der Waals surface area (Å²) >= 11 is 0. The zero-order valence-corrected chi connectivity index (χ0v) is 23.5. The molecule has 0 saturated heterocycles. The van der Waals surface area contributed by atoms with E-state index in [0.717, 1.165) is 34.6 Å². The largest absolute Gasteiger partial charge is 0.501 e. The summed E-state index contributed by atoms with van der Waals surface area (Å²) in [4.78, 5) is 17.1. The summed E-state index contributed by atoms with van der Waals surface area (Å²) in [5, 5.41) is 12.7. The number of fused-ring (bicyclic) bond motifs is 2. The van der Waals surface area contributed by atoms with Gasteiger partial charge in [0.2, 0.25) is 0 Å². The number of methoxy groups -OCH3 is 3. The first kappa shape index (κ1) is 30.7. The number of nitrogens with two attached hydrogens (primary N) is 1. The van der Waals surface area contributed by atoms with Gasteiger partial charge in [-0.3, -0.25) is 0 Å². The minimum atomic E-state index is -0.855. The summed E-state index contributed by atoms with van der Waals surface area (Å²) < 4.78 is 17.1. The van der Waals surface area contributed by atoms with E-state index in [1.54, 1.807) is 26.4 Å². The Morgan fingerprint density at radius 3 is 2.46 bits per heavy atom. The number of hydroxylamine groups is 2. The summed E-state index contributed by atoms with van der Waals surface area (Å²) in [6.45, 7) is 8.60. The minimum Gasteiger partial charge on any atom is -0.501 e. The predicted molar refractivity (Wildman–Crippen MR) is 145 cm³/mol. The van der Waals surface area contributed by atoms with Crippen LogP contribution in [-0.4, -0.2) is 62.4 Å². The van der Waals surface area contributed by atoms with Crippen molar-refractivity contribution in [2.24, 2.45) is 17.6 Å². The molecule has 0 aromatic carbocycles. The van der Waals surface area contributed by atoms with Gasteiger partial charge in [0, 0.05) is 33.0 Å². The molecular weight excluding hydrogens is 472 g/mol. The molecule has 8 heteroatoms. The van der Waals surface area contributed by atoms with E-state index >= 15 is 0 Å². The van der Waals surface area contributed by atoms with E-state index in [-0.39, 0.29) is 24.0 Å². The van der Waals surface area contributed by atoms with Crippen molar-refractivity contribution in [3.63, 3.8) is 0 Å². The van der Waals surface area contributed by atoms with Crippen LogP contribution in [0, 0.1) is 11.8 Å². The normalized spacial score (nSPS) is 28.8. The average molecular weight is 519 g/mol. The molecule has 3 N–H and O–H groups in total. The molecule has 0 radical (unpaired) electrons. The lowest BCUT2D eigenvalue weighted by atomic mass is 9.86. The number of ether oxygens (including phenoxy) is 3. The van der Waals surface area contributed by atoms with Crippen molar-refractivity contribution in [3.8, 4) is 0 Å². The number of nitrogens with zero attached hydrogens (tertiary/aromatic N) is 1. The lowest BCUT2D eigenvalue weighted by Crippen LogP contribution is -2.35. The molecule has 5 atom stereocenters. The highest BCUT2D eigenvalue weighted by atomic mass is 16.7. The lowest BCUT2D eigenvalue weighted by Gasteiger charge is -2.31. The van der Waals surface area contributed by atoms with E-state index in [0.29, 0.717) is 32.2 Å². The molecule has 208 valence electrons. The molecular formula is C29H46N2O6. The zero-order chi connectivity index (χ0) is 27.5. The average Bonchev–Trinajstić information content (AvgIpc) is 2.84. The number of amides is 1. The smallest absolute Gasteiger partial charge is 0.429 e. The van der Waals surface area contributed by atoms with Gasteiger partial charge >= 0.3 is 6.09 Å². The summed E-state index contributed by atoms with van der Waals surface area (Å²) in [6, 6.07) is 0. The standard InChI is InChI=1S/C29H46N2O6/c1-19-9-8-10-25(34-5)15-20(2)13-22(4)28(32)27(36-7)16-21(3)14-23-17-24(11-12-26(23)35-6)31(18-19)37-29(30)33/h8-11,13,21-22,25,27-28,32H,12,14-18H2,1-7H3,(H2,30,33). The van der Waals surface area contributed by atoms with Crippen LogP contribution >= 0.6 is 0 Å². The zero-order valence-electron chi connectivity index (χ0n) is 23.5. The van der Waals surface area contributed by atoms with Crippen LogP contribution in [0.4, 0.5) is 4.79 Å². The first-order valence-corrected chi connectivity index (χ1v) is 13.0. The highest BCUT2D eigenvalue weighted by Gasteiger charge is 2.28. The van der Waals surface area contributed by atoms with Crippen LogP contribution in [0.3, 0.4) is 0 Å². The molecule has 1 amide bonds. The van der Waals surface area contributed by atoms with Crippen molar-refractivity contribution < 1.29 is 28.9 Å². The predicted octanol–water partition coefficient (Wildman–Crippen LogP) is 5.17. The molecule has 8 nitrogen and oxygen atoms in total. The number of aliphatic hydroxyl groups is 1. The Labute approximate surface area is 222 Å². The number of carbonyl (C=O) groups excluding carboxylic acids is 1. The van der Waals surface area contributed by atoms with Gasteiger partial charge in [0.05, 0.1) is 43.4 Å². The van der Waals surface area contributed by atoms with Crippen LogP contribution in [0.2, 0.25) is 0 Å². The second-order valence-corrected chi connectivity index (χ2v) is 10.3. The quantitative estimate of drug-likeness (QED) is 0.495. The maximum Gasteiger partial charge on any atom is 0.429 e. The Kier molecular flexibility index (Phi) is 12.4. The van der Waals surface area contributed by atoms with E-state index in [1.807, 2.05) is 38.2 Å². The van der Waals surface area contributed by atoms with Crippen molar-refractivity contribution in [2.45, 2.75) is 78.1 Å². The van der Waals surface area contributed by atoms with Gasteiger partial charge in [-0.25, -0.2) is 9.86 Å². The van der Waals surface area contributed by atoms with E-state index in [2.05, 4.69) is 19.9 Å². The third-order valence-corrected chi connectivity index (χ3v) is 7.00. The molecule has 0 fully saturated rings. The van der Waals surface area contributed by atoms with Gasteiger partial charge in [-0.15, -0.1) is 0 Å². The van der Waals surface area contributed by atoms with Gasteiger partial charge in [-0.05, 0) is 44.6 Å². The minimum absolute atomic E-state index is 0.0691. The second-order valence-electron chi connectivity index (χ2n) is 10.3. The molecule has 2 aliphatic rings. The number of hydrogen-bond donors (Lipinski definition) is 2. The van der Waals surface area contributed by atoms with Gasteiger partial charge in [0.1, 0.15) is 0 Å². The highest BCUT2D eigenvalue weighted by molar-refractivity contribution is 5.64. The molecule has 0 aromatic heterocycles. The maximum absolute atomic E-state index is 11.7. The fraction of sp³-hybridized carbons (Fsp3) is 0.621. The number of rotatable bonds is 4. The number of primary amides is 1. The number of aliphatic hydroxyl groups excluding tert-OH is 1. The summed E-state index contributed by atoms with van der Waals surface area (Å²) in [6.07, 6.45) is 11.5. The van der Waals surface area contributed by atoms with Crippen LogP contribution in [0.5, 0.6) is 0 Å². The molecule has 5 unspecified atom stereocenters. The van der Waals surface area contributed by atoms with Crippen LogP contribution in [0.1, 0.15) is 59.8 Å². The Hall–Kier alpha value is -2.55. The first-order valence-electron chi connectivity index (χ1n) is 13.0. The van der Waals surface area contributed by atoms with Crippen molar-refractivity contribution in [2.75, 3.05) is 27.9 Å². The highest BCUT2D eigenvalue weighted by Crippen LogP contribution is 2.34. The Morgan fingerprint density at radius 2 is 1.84 bits per heavy atom. The summed E-state index contributed by atoms with van der Waals surface area (Å²) in [5.41, 5.74) is 9.54. The number of carbonyl (C=O) groups is 1. The fourth-order valence-electron chi connectivity index (χ4n) is 5.05. The summed E-state index contributed by atoms with van der Waals surface area (Å²) in [5.74, 6) is 1.08. The molecule has 2 bridgehead atoms. The molecule has 0 spiro atoms. The molecule has 1 aliphatic heterocycles. The molecule has 1 aliphatic carbocycles. The molecule has 2 rings (SSSR count). The number of allylic oxidation sites excluding steroid dienone is 4. The van der Waals surface area contributed by atoms with Gasteiger partial charge in [0.25, 0.3) is 0 Å². The monoisotopic (exact) mass is 518 g/mol. The molecule has 0 aromatic rings. The van der Waals surface area contributed by atoms with E-state index < -0.39 is 12.2 Å². The SMILES string of the molecule is COC1=C2CC(=CC1)N(OC(N)=O)CC(C)=CC=CC(OC)CC(C)=CC(C)C(O)C(OC)CC(C)C2. The summed E-state index contributed by atoms with van der Waals surface area (Å²) in [7, 11) is 5.02.